The number of pyridine rings is 2. The molecule has 2 amide bonds. The molecule has 0 radical (unpaired) electrons. The fourth-order valence-corrected chi connectivity index (χ4v) is 4.91. The lowest BCUT2D eigenvalue weighted by Crippen LogP contribution is -2.35. The second-order valence-electron chi connectivity index (χ2n) is 9.66. The fraction of sp³-hybridized carbons (Fsp3) is 0.258. The van der Waals surface area contributed by atoms with E-state index in [1.807, 2.05) is 6.07 Å². The molecule has 0 bridgehead atoms. The molecule has 0 unspecified atom stereocenters. The third-order valence-electron chi connectivity index (χ3n) is 6.68. The zero-order chi connectivity index (χ0) is 35.0. The first kappa shape index (κ1) is 36.0. The van der Waals surface area contributed by atoms with Gasteiger partial charge in [0.2, 0.25) is 0 Å². The highest BCUT2D eigenvalue weighted by molar-refractivity contribution is 14.1. The first-order valence-corrected chi connectivity index (χ1v) is 15.0. The number of fused-ring (bicyclic) bond motifs is 2. The minimum atomic E-state index is -0.898. The molecule has 0 atom stereocenters. The van der Waals surface area contributed by atoms with Crippen LogP contribution in [0, 0.1) is 14.9 Å². The van der Waals surface area contributed by atoms with E-state index >= 15 is 0 Å². The van der Waals surface area contributed by atoms with E-state index in [0.29, 0.717) is 16.4 Å². The van der Waals surface area contributed by atoms with Crippen molar-refractivity contribution < 1.29 is 38.9 Å². The zero-order valence-corrected chi connectivity index (χ0v) is 27.8. The van der Waals surface area contributed by atoms with Gasteiger partial charge in [-0.15, -0.1) is 0 Å². The molecule has 2 aromatic heterocycles. The van der Waals surface area contributed by atoms with Gasteiger partial charge >= 0.3 is 11.9 Å². The number of rotatable bonds is 8. The van der Waals surface area contributed by atoms with E-state index in [4.69, 9.17) is 10.00 Å². The Balaban J connectivity index is 0.000000256. The van der Waals surface area contributed by atoms with Crippen molar-refractivity contribution in [2.75, 3.05) is 26.3 Å². The molecule has 2 heterocycles. The van der Waals surface area contributed by atoms with Crippen molar-refractivity contribution in [1.82, 2.24) is 19.8 Å². The Morgan fingerprint density at radius 2 is 1.21 bits per heavy atom. The second-order valence-corrected chi connectivity index (χ2v) is 10.9. The van der Waals surface area contributed by atoms with E-state index in [1.165, 1.54) is 41.4 Å². The molecular weight excluding hydrogens is 729 g/mol. The summed E-state index contributed by atoms with van der Waals surface area (Å²) in [5, 5.41) is 34.7. The van der Waals surface area contributed by atoms with Gasteiger partial charge in [-0.05, 0) is 72.8 Å². The maximum Gasteiger partial charge on any atom is 0.325 e. The molecule has 15 nitrogen and oxygen atoms in total. The monoisotopic (exact) mass is 759 g/mol. The smallest absolute Gasteiger partial charge is 0.325 e. The number of carbonyl (C=O) groups excluding carboxylic acids is 4. The number of halogens is 1. The predicted octanol–water partition coefficient (Wildman–Crippen LogP) is 1.55. The van der Waals surface area contributed by atoms with Gasteiger partial charge in [0.05, 0.1) is 35.9 Å². The average Bonchev–Trinajstić information content (AvgIpc) is 3.04. The van der Waals surface area contributed by atoms with Crippen molar-refractivity contribution >= 4 is 68.1 Å². The molecule has 47 heavy (non-hydrogen) atoms. The van der Waals surface area contributed by atoms with Gasteiger partial charge in [-0.1, -0.05) is 0 Å². The van der Waals surface area contributed by atoms with Gasteiger partial charge in [0.1, 0.15) is 35.7 Å². The summed E-state index contributed by atoms with van der Waals surface area (Å²) in [4.78, 5) is 71.6. The second kappa shape index (κ2) is 15.7. The van der Waals surface area contributed by atoms with Crippen LogP contribution in [0.4, 0.5) is 0 Å². The molecule has 4 rings (SSSR count). The molecule has 0 fully saturated rings. The van der Waals surface area contributed by atoms with Gasteiger partial charge in [-0.2, -0.15) is 5.26 Å². The number of benzene rings is 2. The molecule has 0 spiro atoms. The third kappa shape index (κ3) is 8.05. The Bertz CT molecular complexity index is 2060. The summed E-state index contributed by atoms with van der Waals surface area (Å²) in [6.07, 6.45) is 0. The lowest BCUT2D eigenvalue weighted by atomic mass is 10.1. The molecule has 0 aliphatic carbocycles. The molecule has 2 aromatic carbocycles. The zero-order valence-electron chi connectivity index (χ0n) is 25.7. The summed E-state index contributed by atoms with van der Waals surface area (Å²) >= 11 is 2.07. The molecule has 246 valence electrons. The Morgan fingerprint density at radius 1 is 0.787 bits per heavy atom. The van der Waals surface area contributed by atoms with E-state index in [0.717, 1.165) is 3.57 Å². The minimum absolute atomic E-state index is 0.161. The predicted molar refractivity (Wildman–Crippen MR) is 177 cm³/mol. The number of nitrogens with one attached hydrogen (secondary N) is 2. The maximum atomic E-state index is 12.3. The van der Waals surface area contributed by atoms with Gasteiger partial charge in [-0.25, -0.2) is 0 Å². The number of amides is 2. The number of hydrogen-bond donors (Lipinski definition) is 4. The lowest BCUT2D eigenvalue weighted by Gasteiger charge is -2.12. The van der Waals surface area contributed by atoms with Crippen LogP contribution in [-0.4, -0.2) is 69.4 Å². The number of hydrogen-bond acceptors (Lipinski definition) is 11. The first-order valence-electron chi connectivity index (χ1n) is 13.9. The molecule has 0 saturated heterocycles. The number of aromatic hydroxyl groups is 2. The van der Waals surface area contributed by atoms with Crippen molar-refractivity contribution in [3.8, 4) is 17.6 Å². The summed E-state index contributed by atoms with van der Waals surface area (Å²) in [7, 11) is 2.96. The van der Waals surface area contributed by atoms with Crippen LogP contribution in [0.25, 0.3) is 21.8 Å². The summed E-state index contributed by atoms with van der Waals surface area (Å²) in [5.41, 5.74) is -1.10. The minimum Gasteiger partial charge on any atom is -0.506 e. The SMILES string of the molecule is CCOC(=O)CNC(=O)c1c(O)c2cc(C#N)ccc2n(C)c1=O.CCOC(=O)CNC(=O)c1c(O)c2cc(I)ccc2n(C)c1=O. The van der Waals surface area contributed by atoms with E-state index in [1.54, 1.807) is 32.0 Å². The topological polar surface area (TPSA) is 219 Å². The molecular formula is C31H30IN5O10. The van der Waals surface area contributed by atoms with E-state index < -0.39 is 64.0 Å². The van der Waals surface area contributed by atoms with Gasteiger partial charge in [0.15, 0.2) is 0 Å². The van der Waals surface area contributed by atoms with Crippen LogP contribution in [0.5, 0.6) is 11.5 Å². The van der Waals surface area contributed by atoms with Gasteiger partial charge in [0.25, 0.3) is 22.9 Å². The normalized spacial score (nSPS) is 10.4. The van der Waals surface area contributed by atoms with Crippen LogP contribution in [-0.2, 0) is 33.2 Å². The number of aryl methyl sites for hydroxylation is 2. The number of nitrogens with zero attached hydrogens (tertiary/aromatic N) is 3. The average molecular weight is 760 g/mol. The standard InChI is InChI=1S/C16H15N3O5.C15H15IN2O5/c1-3-24-12(20)8-18-15(22)13-14(21)10-6-9(7-17)4-5-11(10)19(2)16(13)23;1-3-23-11(19)7-17-14(21)12-13(20)9-6-8(16)4-5-10(9)18(2)15(12)22/h4-6,21H,3,8H2,1-2H3,(H,18,22);4-6,20H,3,7H2,1-2H3,(H,17,21). The van der Waals surface area contributed by atoms with Crippen molar-refractivity contribution in [2.45, 2.75) is 13.8 Å². The highest BCUT2D eigenvalue weighted by Crippen LogP contribution is 2.28. The van der Waals surface area contributed by atoms with Crippen LogP contribution < -0.4 is 21.8 Å². The Kier molecular flexibility index (Phi) is 12.0. The van der Waals surface area contributed by atoms with Gasteiger partial charge in [-0.3, -0.25) is 28.8 Å². The highest BCUT2D eigenvalue weighted by Gasteiger charge is 2.23. The van der Waals surface area contributed by atoms with Crippen LogP contribution >= 0.6 is 22.6 Å². The number of carbonyl (C=O) groups is 4. The van der Waals surface area contributed by atoms with Crippen molar-refractivity contribution in [2.24, 2.45) is 14.1 Å². The first-order chi connectivity index (χ1) is 22.3. The van der Waals surface area contributed by atoms with Gasteiger partial charge < -0.3 is 39.5 Å². The maximum absolute atomic E-state index is 12.3. The van der Waals surface area contributed by atoms with Crippen LogP contribution in [0.2, 0.25) is 0 Å². The van der Waals surface area contributed by atoms with Crippen LogP contribution in [0.3, 0.4) is 0 Å². The van der Waals surface area contributed by atoms with E-state index in [9.17, 15) is 39.0 Å². The van der Waals surface area contributed by atoms with Crippen LogP contribution in [0.1, 0.15) is 40.1 Å². The van der Waals surface area contributed by atoms with Crippen molar-refractivity contribution in [3.05, 3.63) is 77.4 Å². The lowest BCUT2D eigenvalue weighted by molar-refractivity contribution is -0.142. The number of aromatic nitrogens is 2. The molecule has 16 heteroatoms. The number of ether oxygens (including phenoxy) is 2. The summed E-state index contributed by atoms with van der Waals surface area (Å²) in [6, 6.07) is 11.5. The Morgan fingerprint density at radius 3 is 1.64 bits per heavy atom. The third-order valence-corrected chi connectivity index (χ3v) is 7.35. The Hall–Kier alpha value is -5.44. The quantitative estimate of drug-likeness (QED) is 0.149. The molecule has 0 aliphatic rings. The van der Waals surface area contributed by atoms with E-state index in [2.05, 4.69) is 38.0 Å². The number of esters is 2. The summed E-state index contributed by atoms with van der Waals surface area (Å²) in [5.74, 6) is -3.93. The highest BCUT2D eigenvalue weighted by atomic mass is 127. The van der Waals surface area contributed by atoms with Gasteiger partial charge in [0, 0.05) is 28.4 Å². The van der Waals surface area contributed by atoms with E-state index in [-0.39, 0.29) is 30.7 Å². The van der Waals surface area contributed by atoms with Crippen molar-refractivity contribution in [3.63, 3.8) is 0 Å². The fourth-order valence-electron chi connectivity index (χ4n) is 4.42. The summed E-state index contributed by atoms with van der Waals surface area (Å²) < 4.78 is 12.7. The summed E-state index contributed by atoms with van der Waals surface area (Å²) in [6.45, 7) is 2.82. The Labute approximate surface area is 280 Å². The van der Waals surface area contributed by atoms with Crippen molar-refractivity contribution in [1.29, 1.82) is 5.26 Å². The molecule has 4 N–H and O–H groups in total. The van der Waals surface area contributed by atoms with Crippen LogP contribution in [0.15, 0.2) is 46.0 Å². The molecule has 0 aliphatic heterocycles. The number of nitriles is 1. The molecule has 4 aromatic rings. The molecule has 0 saturated carbocycles. The largest absolute Gasteiger partial charge is 0.506 e.